The van der Waals surface area contributed by atoms with E-state index in [4.69, 9.17) is 10.8 Å². The van der Waals surface area contributed by atoms with Gasteiger partial charge in [0.05, 0.1) is 5.69 Å². The van der Waals surface area contributed by atoms with Gasteiger partial charge in [0, 0.05) is 31.3 Å². The summed E-state index contributed by atoms with van der Waals surface area (Å²) in [5.74, 6) is -0.890. The molecule has 0 fully saturated rings. The molecule has 0 atom stereocenters. The highest BCUT2D eigenvalue weighted by Gasteiger charge is 2.05. The van der Waals surface area contributed by atoms with E-state index in [1.54, 1.807) is 18.3 Å². The lowest BCUT2D eigenvalue weighted by atomic mass is 10.1. The predicted octanol–water partition coefficient (Wildman–Crippen LogP) is 1.31. The fraction of sp³-hybridized carbons (Fsp3) is 0.500. The molecule has 0 saturated heterocycles. The molecule has 0 unspecified atom stereocenters. The average Bonchev–Trinajstić information content (AvgIpc) is 2.45. The van der Waals surface area contributed by atoms with Crippen LogP contribution in [0.4, 0.5) is 0 Å². The number of aromatic nitrogens is 1. The molecule has 0 saturated carbocycles. The second kappa shape index (κ2) is 9.03. The van der Waals surface area contributed by atoms with Crippen LogP contribution < -0.4 is 11.1 Å². The first-order valence-corrected chi connectivity index (χ1v) is 6.78. The first-order chi connectivity index (χ1) is 9.63. The Hall–Kier alpha value is -1.95. The van der Waals surface area contributed by atoms with Gasteiger partial charge >= 0.3 is 5.97 Å². The summed E-state index contributed by atoms with van der Waals surface area (Å²) in [7, 11) is 0. The number of nitrogens with zero attached hydrogens (tertiary/aromatic N) is 1. The Labute approximate surface area is 118 Å². The Morgan fingerprint density at radius 3 is 2.70 bits per heavy atom. The maximum absolute atomic E-state index is 11.8. The third kappa shape index (κ3) is 6.29. The van der Waals surface area contributed by atoms with Crippen molar-refractivity contribution in [2.45, 2.75) is 38.6 Å². The number of nitrogens with two attached hydrogens (primary N) is 1. The molecule has 6 heteroatoms. The minimum atomic E-state index is -0.758. The topological polar surface area (TPSA) is 105 Å². The molecular formula is C14H21N3O3. The zero-order valence-corrected chi connectivity index (χ0v) is 11.5. The van der Waals surface area contributed by atoms with Crippen molar-refractivity contribution in [3.8, 4) is 0 Å². The Morgan fingerprint density at radius 2 is 2.00 bits per heavy atom. The van der Waals surface area contributed by atoms with Crippen LogP contribution in [0, 0.1) is 0 Å². The molecule has 1 heterocycles. The molecule has 0 aromatic carbocycles. The van der Waals surface area contributed by atoms with E-state index < -0.39 is 5.97 Å². The van der Waals surface area contributed by atoms with E-state index in [1.165, 1.54) is 0 Å². The van der Waals surface area contributed by atoms with Crippen LogP contribution in [-0.4, -0.2) is 28.5 Å². The molecule has 6 nitrogen and oxygen atoms in total. The van der Waals surface area contributed by atoms with Crippen molar-refractivity contribution in [2.75, 3.05) is 6.54 Å². The Morgan fingerprint density at radius 1 is 1.25 bits per heavy atom. The summed E-state index contributed by atoms with van der Waals surface area (Å²) in [5, 5.41) is 11.3. The number of aliphatic carboxylic acids is 1. The van der Waals surface area contributed by atoms with Crippen LogP contribution in [0.3, 0.4) is 0 Å². The molecule has 1 rings (SSSR count). The minimum Gasteiger partial charge on any atom is -0.481 e. The largest absolute Gasteiger partial charge is 0.481 e. The number of amides is 1. The minimum absolute atomic E-state index is 0.132. The van der Waals surface area contributed by atoms with Crippen LogP contribution in [-0.2, 0) is 11.3 Å². The van der Waals surface area contributed by atoms with Gasteiger partial charge in [0.2, 0.25) is 0 Å². The summed E-state index contributed by atoms with van der Waals surface area (Å²) >= 11 is 0. The number of carboxylic acid groups (broad SMARTS) is 1. The smallest absolute Gasteiger partial charge is 0.303 e. The highest BCUT2D eigenvalue weighted by atomic mass is 16.4. The van der Waals surface area contributed by atoms with Crippen LogP contribution in [0.2, 0.25) is 0 Å². The third-order valence-corrected chi connectivity index (χ3v) is 2.89. The maximum atomic E-state index is 11.8. The monoisotopic (exact) mass is 279 g/mol. The first-order valence-electron chi connectivity index (χ1n) is 6.78. The van der Waals surface area contributed by atoms with Crippen LogP contribution in [0.5, 0.6) is 0 Å². The number of hydrogen-bond donors (Lipinski definition) is 3. The third-order valence-electron chi connectivity index (χ3n) is 2.89. The summed E-state index contributed by atoms with van der Waals surface area (Å²) in [5.41, 5.74) is 6.72. The van der Waals surface area contributed by atoms with Gasteiger partial charge in [-0.05, 0) is 25.0 Å². The van der Waals surface area contributed by atoms with Crippen molar-refractivity contribution in [1.29, 1.82) is 0 Å². The molecule has 1 amide bonds. The summed E-state index contributed by atoms with van der Waals surface area (Å²) in [6, 6.07) is 3.34. The lowest BCUT2D eigenvalue weighted by molar-refractivity contribution is -0.137. The van der Waals surface area contributed by atoms with Gasteiger partial charge in [-0.15, -0.1) is 0 Å². The molecule has 1 aromatic rings. The number of unbranched alkanes of at least 4 members (excludes halogenated alkanes) is 3. The molecule has 0 bridgehead atoms. The first kappa shape index (κ1) is 16.1. The van der Waals surface area contributed by atoms with Crippen LogP contribution in [0.1, 0.15) is 48.2 Å². The van der Waals surface area contributed by atoms with Crippen LogP contribution >= 0.6 is 0 Å². The standard InChI is InChI=1S/C14H21N3O3/c15-10-12-9-11(6-8-16-12)14(20)17-7-4-2-1-3-5-13(18)19/h6,8-9H,1-5,7,10,15H2,(H,17,20)(H,18,19). The van der Waals surface area contributed by atoms with E-state index in [9.17, 15) is 9.59 Å². The molecule has 110 valence electrons. The number of carboxylic acids is 1. The zero-order chi connectivity index (χ0) is 14.8. The second-order valence-electron chi connectivity index (χ2n) is 4.55. The van der Waals surface area contributed by atoms with Crippen molar-refractivity contribution >= 4 is 11.9 Å². The number of nitrogens with one attached hydrogen (secondary N) is 1. The van der Waals surface area contributed by atoms with Gasteiger partial charge in [0.15, 0.2) is 0 Å². The number of carbonyl (C=O) groups is 2. The second-order valence-corrected chi connectivity index (χ2v) is 4.55. The average molecular weight is 279 g/mol. The number of hydrogen-bond acceptors (Lipinski definition) is 4. The molecule has 0 aliphatic heterocycles. The summed E-state index contributed by atoms with van der Waals surface area (Å²) in [4.78, 5) is 26.2. The Balaban J connectivity index is 2.18. The lowest BCUT2D eigenvalue weighted by Crippen LogP contribution is -2.24. The fourth-order valence-electron chi connectivity index (χ4n) is 1.79. The van der Waals surface area contributed by atoms with Crippen molar-refractivity contribution < 1.29 is 14.7 Å². The predicted molar refractivity (Wildman–Crippen MR) is 75.2 cm³/mol. The highest BCUT2D eigenvalue weighted by molar-refractivity contribution is 5.94. The maximum Gasteiger partial charge on any atom is 0.303 e. The SMILES string of the molecule is NCc1cc(C(=O)NCCCCCCC(=O)O)ccn1. The molecule has 0 aliphatic rings. The van der Waals surface area contributed by atoms with E-state index in [2.05, 4.69) is 10.3 Å². The van der Waals surface area contributed by atoms with E-state index >= 15 is 0 Å². The number of rotatable bonds is 9. The van der Waals surface area contributed by atoms with Gasteiger partial charge in [-0.25, -0.2) is 0 Å². The fourth-order valence-corrected chi connectivity index (χ4v) is 1.79. The van der Waals surface area contributed by atoms with Crippen molar-refractivity contribution in [2.24, 2.45) is 5.73 Å². The zero-order valence-electron chi connectivity index (χ0n) is 11.5. The van der Waals surface area contributed by atoms with Gasteiger partial charge in [-0.3, -0.25) is 14.6 Å². The van der Waals surface area contributed by atoms with Gasteiger partial charge < -0.3 is 16.2 Å². The van der Waals surface area contributed by atoms with Gasteiger partial charge in [0.1, 0.15) is 0 Å². The van der Waals surface area contributed by atoms with E-state index in [-0.39, 0.29) is 12.3 Å². The van der Waals surface area contributed by atoms with Crippen molar-refractivity contribution in [1.82, 2.24) is 10.3 Å². The normalized spacial score (nSPS) is 10.2. The number of pyridine rings is 1. The van der Waals surface area contributed by atoms with Crippen LogP contribution in [0.25, 0.3) is 0 Å². The van der Waals surface area contributed by atoms with E-state index in [0.717, 1.165) is 19.3 Å². The quantitative estimate of drug-likeness (QED) is 0.591. The van der Waals surface area contributed by atoms with Crippen molar-refractivity contribution in [3.63, 3.8) is 0 Å². The molecule has 0 radical (unpaired) electrons. The van der Waals surface area contributed by atoms with Crippen molar-refractivity contribution in [3.05, 3.63) is 29.6 Å². The summed E-state index contributed by atoms with van der Waals surface area (Å²) in [6.45, 7) is 0.900. The molecule has 4 N–H and O–H groups in total. The number of carbonyl (C=O) groups excluding carboxylic acids is 1. The summed E-state index contributed by atoms with van der Waals surface area (Å²) < 4.78 is 0. The molecule has 0 spiro atoms. The molecule has 0 aliphatic carbocycles. The van der Waals surface area contributed by atoms with Gasteiger partial charge in [-0.1, -0.05) is 12.8 Å². The van der Waals surface area contributed by atoms with E-state index in [1.807, 2.05) is 0 Å². The Bertz CT molecular complexity index is 449. The summed E-state index contributed by atoms with van der Waals surface area (Å²) in [6.07, 6.45) is 5.11. The highest BCUT2D eigenvalue weighted by Crippen LogP contribution is 2.04. The molecule has 20 heavy (non-hydrogen) atoms. The molecule has 1 aromatic heterocycles. The van der Waals surface area contributed by atoms with Gasteiger partial charge in [-0.2, -0.15) is 0 Å². The Kier molecular flexibility index (Phi) is 7.27. The van der Waals surface area contributed by atoms with E-state index in [0.29, 0.717) is 30.8 Å². The lowest BCUT2D eigenvalue weighted by Gasteiger charge is -2.06. The van der Waals surface area contributed by atoms with Crippen LogP contribution in [0.15, 0.2) is 18.3 Å². The van der Waals surface area contributed by atoms with Gasteiger partial charge in [0.25, 0.3) is 5.91 Å². The molecular weight excluding hydrogens is 258 g/mol.